The summed E-state index contributed by atoms with van der Waals surface area (Å²) in [5.41, 5.74) is 0. The Morgan fingerprint density at radius 2 is 2.06 bits per heavy atom. The number of rotatable bonds is 3. The number of carbonyl (C=O) groups excluding carboxylic acids is 1. The van der Waals surface area contributed by atoms with E-state index in [1.165, 1.54) is 11.8 Å². The van der Waals surface area contributed by atoms with Crippen molar-refractivity contribution in [1.82, 2.24) is 0 Å². The Balaban J connectivity index is 2.62. The van der Waals surface area contributed by atoms with Crippen molar-refractivity contribution in [3.05, 3.63) is 11.8 Å². The van der Waals surface area contributed by atoms with Crippen molar-refractivity contribution in [1.29, 1.82) is 0 Å². The summed E-state index contributed by atoms with van der Waals surface area (Å²) in [6.07, 6.45) is 4.16. The second-order valence-electron chi connectivity index (χ2n) is 6.18. The number of thioether (sulfide) groups is 1. The molecule has 2 nitrogen and oxygen atoms in total. The molecule has 0 heterocycles. The Morgan fingerprint density at radius 1 is 1.47 bits per heavy atom. The molecule has 98 valence electrons. The second kappa shape index (κ2) is 5.18. The van der Waals surface area contributed by atoms with E-state index < -0.39 is 8.32 Å². The van der Waals surface area contributed by atoms with Gasteiger partial charge in [0.2, 0.25) is 8.32 Å². The summed E-state index contributed by atoms with van der Waals surface area (Å²) in [6, 6.07) is 0. The van der Waals surface area contributed by atoms with Crippen LogP contribution in [0.4, 0.5) is 0 Å². The molecule has 0 fully saturated rings. The van der Waals surface area contributed by atoms with Crippen LogP contribution in [0.1, 0.15) is 40.5 Å². The van der Waals surface area contributed by atoms with Crippen LogP contribution >= 0.6 is 11.8 Å². The van der Waals surface area contributed by atoms with Crippen LogP contribution in [0.2, 0.25) is 18.1 Å². The quantitative estimate of drug-likeness (QED) is 0.715. The molecule has 0 saturated heterocycles. The average Bonchev–Trinajstić information content (AvgIpc) is 2.48. The van der Waals surface area contributed by atoms with Crippen LogP contribution in [0.15, 0.2) is 11.8 Å². The van der Waals surface area contributed by atoms with E-state index in [0.717, 1.165) is 18.6 Å². The van der Waals surface area contributed by atoms with Gasteiger partial charge in [0.15, 0.2) is 5.12 Å². The Labute approximate surface area is 110 Å². The van der Waals surface area contributed by atoms with Crippen molar-refractivity contribution in [3.63, 3.8) is 0 Å². The first-order chi connectivity index (χ1) is 7.62. The van der Waals surface area contributed by atoms with E-state index in [1.54, 1.807) is 6.92 Å². The van der Waals surface area contributed by atoms with Gasteiger partial charge in [-0.1, -0.05) is 32.5 Å². The summed E-state index contributed by atoms with van der Waals surface area (Å²) in [5.74, 6) is 1.11. The Kier molecular flexibility index (Phi) is 4.52. The lowest BCUT2D eigenvalue weighted by Crippen LogP contribution is -2.40. The molecule has 0 aromatic heterocycles. The molecule has 0 saturated carbocycles. The fourth-order valence-corrected chi connectivity index (χ4v) is 3.54. The summed E-state index contributed by atoms with van der Waals surface area (Å²) in [6.45, 7) is 12.9. The third kappa shape index (κ3) is 4.18. The van der Waals surface area contributed by atoms with Crippen molar-refractivity contribution >= 4 is 25.2 Å². The summed E-state index contributed by atoms with van der Waals surface area (Å²) in [4.78, 5) is 11.1. The predicted octanol–water partition coefficient (Wildman–Crippen LogP) is 4.33. The maximum absolute atomic E-state index is 11.1. The van der Waals surface area contributed by atoms with E-state index in [2.05, 4.69) is 39.9 Å². The second-order valence-corrected chi connectivity index (χ2v) is 12.3. The molecule has 0 aromatic carbocycles. The van der Waals surface area contributed by atoms with Crippen molar-refractivity contribution in [3.8, 4) is 0 Å². The minimum absolute atomic E-state index is 0.194. The van der Waals surface area contributed by atoms with Crippen molar-refractivity contribution in [2.45, 2.75) is 63.9 Å². The molecule has 0 spiro atoms. The van der Waals surface area contributed by atoms with Crippen LogP contribution < -0.4 is 0 Å². The highest BCUT2D eigenvalue weighted by Gasteiger charge is 2.40. The van der Waals surface area contributed by atoms with Gasteiger partial charge < -0.3 is 4.43 Å². The molecule has 1 aliphatic carbocycles. The largest absolute Gasteiger partial charge is 0.547 e. The first-order valence-electron chi connectivity index (χ1n) is 6.19. The van der Waals surface area contributed by atoms with Crippen molar-refractivity contribution in [2.75, 3.05) is 0 Å². The molecule has 0 aliphatic heterocycles. The average molecular weight is 272 g/mol. The summed E-state index contributed by atoms with van der Waals surface area (Å²) in [7, 11) is -1.70. The van der Waals surface area contributed by atoms with E-state index in [9.17, 15) is 4.79 Å². The van der Waals surface area contributed by atoms with Crippen LogP contribution in [-0.2, 0) is 9.22 Å². The lowest BCUT2D eigenvalue weighted by Gasteiger charge is -2.36. The summed E-state index contributed by atoms with van der Waals surface area (Å²) >= 11 is 1.42. The summed E-state index contributed by atoms with van der Waals surface area (Å²) < 4.78 is 6.25. The molecule has 0 amide bonds. The number of hydrogen-bond donors (Lipinski definition) is 0. The Morgan fingerprint density at radius 3 is 2.53 bits per heavy atom. The van der Waals surface area contributed by atoms with Crippen LogP contribution in [0.5, 0.6) is 0 Å². The predicted molar refractivity (Wildman–Crippen MR) is 77.7 cm³/mol. The topological polar surface area (TPSA) is 26.3 Å². The fraction of sp³-hybridized carbons (Fsp3) is 0.769. The Bertz CT molecular complexity index is 329. The normalized spacial score (nSPS) is 21.3. The number of allylic oxidation sites excluding steroid dienone is 1. The van der Waals surface area contributed by atoms with Gasteiger partial charge in [-0.05, 0) is 30.6 Å². The lowest BCUT2D eigenvalue weighted by molar-refractivity contribution is -0.109. The number of carbonyl (C=O) groups is 1. The van der Waals surface area contributed by atoms with Gasteiger partial charge in [0.05, 0.1) is 5.76 Å². The van der Waals surface area contributed by atoms with Gasteiger partial charge in [0, 0.05) is 18.6 Å². The van der Waals surface area contributed by atoms with Gasteiger partial charge >= 0.3 is 0 Å². The van der Waals surface area contributed by atoms with Gasteiger partial charge in [0.25, 0.3) is 0 Å². The van der Waals surface area contributed by atoms with Gasteiger partial charge in [0.1, 0.15) is 0 Å². The van der Waals surface area contributed by atoms with Crippen molar-refractivity contribution < 1.29 is 9.22 Å². The zero-order valence-corrected chi connectivity index (χ0v) is 13.6. The molecule has 0 N–H and O–H groups in total. The molecule has 1 aliphatic rings. The third-order valence-electron chi connectivity index (χ3n) is 3.56. The maximum Gasteiger partial charge on any atom is 0.250 e. The van der Waals surface area contributed by atoms with Crippen LogP contribution in [0.3, 0.4) is 0 Å². The Hall–Kier alpha value is -0.223. The maximum atomic E-state index is 11.1. The molecule has 1 rings (SSSR count). The van der Waals surface area contributed by atoms with E-state index in [0.29, 0.717) is 5.25 Å². The molecule has 0 bridgehead atoms. The first-order valence-corrected chi connectivity index (χ1v) is 9.97. The van der Waals surface area contributed by atoms with Crippen LogP contribution in [0, 0.1) is 0 Å². The minimum atomic E-state index is -1.70. The molecule has 1 unspecified atom stereocenters. The van der Waals surface area contributed by atoms with Crippen LogP contribution in [-0.4, -0.2) is 18.7 Å². The highest BCUT2D eigenvalue weighted by molar-refractivity contribution is 8.14. The molecule has 4 heteroatoms. The fourth-order valence-electron chi connectivity index (χ4n) is 1.53. The standard InChI is InChI=1S/C13H24O2SSi/c1-10(14)16-12-8-7-11(9-12)15-17(5,6)13(2,3)4/h9,12H,7-8H2,1-6H3. The van der Waals surface area contributed by atoms with E-state index in [-0.39, 0.29) is 10.2 Å². The molecule has 0 radical (unpaired) electrons. The highest BCUT2D eigenvalue weighted by Crippen LogP contribution is 2.40. The van der Waals surface area contributed by atoms with Gasteiger partial charge in [-0.25, -0.2) is 0 Å². The van der Waals surface area contributed by atoms with E-state index in [1.807, 2.05) is 0 Å². The highest BCUT2D eigenvalue weighted by atomic mass is 32.2. The van der Waals surface area contributed by atoms with E-state index >= 15 is 0 Å². The number of hydrogen-bond acceptors (Lipinski definition) is 3. The first kappa shape index (κ1) is 14.8. The monoisotopic (exact) mass is 272 g/mol. The molecular weight excluding hydrogens is 248 g/mol. The molecule has 17 heavy (non-hydrogen) atoms. The molecule has 0 aromatic rings. The van der Waals surface area contributed by atoms with Gasteiger partial charge in [-0.2, -0.15) is 0 Å². The SMILES string of the molecule is CC(=O)SC1C=C(O[Si](C)(C)C(C)(C)C)CC1. The van der Waals surface area contributed by atoms with Crippen LogP contribution in [0.25, 0.3) is 0 Å². The molecule has 1 atom stereocenters. The smallest absolute Gasteiger partial charge is 0.250 e. The minimum Gasteiger partial charge on any atom is -0.547 e. The van der Waals surface area contributed by atoms with Crippen molar-refractivity contribution in [2.24, 2.45) is 0 Å². The third-order valence-corrected chi connectivity index (χ3v) is 8.95. The lowest BCUT2D eigenvalue weighted by atomic mass is 10.2. The zero-order valence-electron chi connectivity index (χ0n) is 11.8. The van der Waals surface area contributed by atoms with Gasteiger partial charge in [-0.3, -0.25) is 4.79 Å². The zero-order chi connectivity index (χ0) is 13.3. The molecular formula is C13H24O2SSi. The summed E-state index contributed by atoms with van der Waals surface area (Å²) in [5, 5.41) is 0.756. The van der Waals surface area contributed by atoms with Gasteiger partial charge in [-0.15, -0.1) is 0 Å². The van der Waals surface area contributed by atoms with E-state index in [4.69, 9.17) is 4.43 Å².